The van der Waals surface area contributed by atoms with Crippen molar-refractivity contribution in [2.75, 3.05) is 19.6 Å². The largest absolute Gasteiger partial charge is 0.478 e. The van der Waals surface area contributed by atoms with Gasteiger partial charge in [-0.3, -0.25) is 4.90 Å². The van der Waals surface area contributed by atoms with Crippen LogP contribution in [-0.4, -0.2) is 35.6 Å². The van der Waals surface area contributed by atoms with E-state index in [4.69, 9.17) is 5.11 Å². The summed E-state index contributed by atoms with van der Waals surface area (Å²) in [4.78, 5) is 13.4. The zero-order valence-electron chi connectivity index (χ0n) is 12.9. The molecule has 0 aromatic carbocycles. The molecule has 1 rings (SSSR count). The minimum atomic E-state index is -0.773. The molecular formula is C16H29NO2. The van der Waals surface area contributed by atoms with Crippen molar-refractivity contribution in [3.8, 4) is 0 Å². The van der Waals surface area contributed by atoms with Gasteiger partial charge in [0.2, 0.25) is 0 Å². The third-order valence-electron chi connectivity index (χ3n) is 4.30. The van der Waals surface area contributed by atoms with Crippen LogP contribution in [0.15, 0.2) is 11.6 Å². The molecule has 1 saturated heterocycles. The fraction of sp³-hybridized carbons (Fsp3) is 0.812. The molecule has 0 amide bonds. The van der Waals surface area contributed by atoms with Crippen LogP contribution in [0.5, 0.6) is 0 Å². The highest BCUT2D eigenvalue weighted by Gasteiger charge is 2.26. The number of carboxylic acid groups (broad SMARTS) is 1. The van der Waals surface area contributed by atoms with Crippen molar-refractivity contribution in [1.29, 1.82) is 0 Å². The Morgan fingerprint density at radius 1 is 1.32 bits per heavy atom. The summed E-state index contributed by atoms with van der Waals surface area (Å²) < 4.78 is 0. The molecule has 1 N–H and O–H groups in total. The highest BCUT2D eigenvalue weighted by molar-refractivity contribution is 5.86. The minimum absolute atomic E-state index is 0.390. The maximum atomic E-state index is 11.0. The van der Waals surface area contributed by atoms with E-state index >= 15 is 0 Å². The second-order valence-electron chi connectivity index (χ2n) is 6.68. The maximum Gasteiger partial charge on any atom is 0.331 e. The van der Waals surface area contributed by atoms with Crippen molar-refractivity contribution in [1.82, 2.24) is 4.90 Å². The summed E-state index contributed by atoms with van der Waals surface area (Å²) in [6.45, 7) is 11.9. The second kappa shape index (κ2) is 7.09. The molecule has 0 bridgehead atoms. The lowest BCUT2D eigenvalue weighted by molar-refractivity contribution is -0.132. The summed E-state index contributed by atoms with van der Waals surface area (Å²) in [7, 11) is 0. The predicted molar refractivity (Wildman–Crippen MR) is 79.2 cm³/mol. The number of nitrogens with zero attached hydrogens (tertiary/aromatic N) is 1. The molecule has 0 aromatic heterocycles. The smallest absolute Gasteiger partial charge is 0.331 e. The second-order valence-corrected chi connectivity index (χ2v) is 6.68. The average Bonchev–Trinajstić information content (AvgIpc) is 2.54. The van der Waals surface area contributed by atoms with Crippen molar-refractivity contribution < 1.29 is 9.90 Å². The van der Waals surface area contributed by atoms with Gasteiger partial charge in [-0.25, -0.2) is 4.79 Å². The average molecular weight is 267 g/mol. The zero-order chi connectivity index (χ0) is 14.5. The summed E-state index contributed by atoms with van der Waals surface area (Å²) in [6, 6.07) is 0. The fourth-order valence-electron chi connectivity index (χ4n) is 2.83. The first kappa shape index (κ1) is 16.2. The number of aliphatic carboxylic acids is 1. The lowest BCUT2D eigenvalue weighted by Crippen LogP contribution is -2.27. The van der Waals surface area contributed by atoms with Gasteiger partial charge in [0.15, 0.2) is 0 Å². The summed E-state index contributed by atoms with van der Waals surface area (Å²) >= 11 is 0. The van der Waals surface area contributed by atoms with Crippen molar-refractivity contribution in [2.24, 2.45) is 11.3 Å². The first-order valence-corrected chi connectivity index (χ1v) is 7.49. The molecule has 0 aliphatic carbocycles. The van der Waals surface area contributed by atoms with Crippen LogP contribution in [0.1, 0.15) is 53.4 Å². The number of rotatable bonds is 4. The van der Waals surface area contributed by atoms with Crippen LogP contribution in [-0.2, 0) is 4.79 Å². The van der Waals surface area contributed by atoms with E-state index in [1.807, 2.05) is 13.0 Å². The van der Waals surface area contributed by atoms with Gasteiger partial charge >= 0.3 is 5.97 Å². The predicted octanol–water partition coefficient (Wildman–Crippen LogP) is 3.56. The Labute approximate surface area is 117 Å². The zero-order valence-corrected chi connectivity index (χ0v) is 12.9. The SMILES string of the molecule is CCC(=CCN1CCCC(C(C)(C)C)CC1)C(=O)O. The van der Waals surface area contributed by atoms with Gasteiger partial charge in [-0.1, -0.05) is 33.8 Å². The number of likely N-dealkylation sites (tertiary alicyclic amines) is 1. The van der Waals surface area contributed by atoms with E-state index in [1.165, 1.54) is 19.3 Å². The molecule has 1 aliphatic rings. The van der Waals surface area contributed by atoms with Crippen molar-refractivity contribution in [2.45, 2.75) is 53.4 Å². The van der Waals surface area contributed by atoms with Crippen molar-refractivity contribution >= 4 is 5.97 Å². The molecule has 1 heterocycles. The van der Waals surface area contributed by atoms with Crippen LogP contribution in [0.2, 0.25) is 0 Å². The molecule has 0 radical (unpaired) electrons. The van der Waals surface area contributed by atoms with Gasteiger partial charge in [-0.15, -0.1) is 0 Å². The van der Waals surface area contributed by atoms with E-state index in [0.717, 1.165) is 25.6 Å². The molecule has 3 heteroatoms. The van der Waals surface area contributed by atoms with Crippen molar-refractivity contribution in [3.63, 3.8) is 0 Å². The molecular weight excluding hydrogens is 238 g/mol. The van der Waals surface area contributed by atoms with Gasteiger partial charge in [0.05, 0.1) is 0 Å². The third kappa shape index (κ3) is 5.35. The normalized spacial score (nSPS) is 23.2. The highest BCUT2D eigenvalue weighted by atomic mass is 16.4. The topological polar surface area (TPSA) is 40.5 Å². The molecule has 0 aromatic rings. The quantitative estimate of drug-likeness (QED) is 0.792. The van der Waals surface area contributed by atoms with Gasteiger partial charge in [0, 0.05) is 12.1 Å². The van der Waals surface area contributed by atoms with Gasteiger partial charge in [-0.2, -0.15) is 0 Å². The van der Waals surface area contributed by atoms with Gasteiger partial charge in [0.1, 0.15) is 0 Å². The van der Waals surface area contributed by atoms with E-state index in [2.05, 4.69) is 25.7 Å². The Bertz CT molecular complexity index is 328. The van der Waals surface area contributed by atoms with Crippen LogP contribution >= 0.6 is 0 Å². The number of hydrogen-bond donors (Lipinski definition) is 1. The molecule has 19 heavy (non-hydrogen) atoms. The summed E-state index contributed by atoms with van der Waals surface area (Å²) in [5.74, 6) is 0.0106. The van der Waals surface area contributed by atoms with Gasteiger partial charge in [-0.05, 0) is 50.1 Å². The van der Waals surface area contributed by atoms with E-state index < -0.39 is 5.97 Å². The highest BCUT2D eigenvalue weighted by Crippen LogP contribution is 2.34. The molecule has 1 aliphatic heterocycles. The maximum absolute atomic E-state index is 11.0. The van der Waals surface area contributed by atoms with Crippen LogP contribution in [0.4, 0.5) is 0 Å². The molecule has 0 saturated carbocycles. The van der Waals surface area contributed by atoms with Crippen molar-refractivity contribution in [3.05, 3.63) is 11.6 Å². The summed E-state index contributed by atoms with van der Waals surface area (Å²) in [6.07, 6.45) is 6.24. The first-order chi connectivity index (χ1) is 8.84. The lowest BCUT2D eigenvalue weighted by atomic mass is 9.77. The first-order valence-electron chi connectivity index (χ1n) is 7.49. The number of carbonyl (C=O) groups is 1. The Morgan fingerprint density at radius 3 is 2.53 bits per heavy atom. The minimum Gasteiger partial charge on any atom is -0.478 e. The molecule has 1 fully saturated rings. The monoisotopic (exact) mass is 267 g/mol. The van der Waals surface area contributed by atoms with E-state index in [0.29, 0.717) is 17.4 Å². The third-order valence-corrected chi connectivity index (χ3v) is 4.30. The Balaban J connectivity index is 2.52. The van der Waals surface area contributed by atoms with Crippen LogP contribution in [0, 0.1) is 11.3 Å². The number of hydrogen-bond acceptors (Lipinski definition) is 2. The molecule has 3 nitrogen and oxygen atoms in total. The molecule has 1 atom stereocenters. The summed E-state index contributed by atoms with van der Waals surface area (Å²) in [5, 5.41) is 9.02. The Kier molecular flexibility index (Phi) is 6.05. The fourth-order valence-corrected chi connectivity index (χ4v) is 2.83. The summed E-state index contributed by atoms with van der Waals surface area (Å²) in [5.41, 5.74) is 0.929. The lowest BCUT2D eigenvalue weighted by Gasteiger charge is -2.29. The van der Waals surface area contributed by atoms with Gasteiger partial charge in [0.25, 0.3) is 0 Å². The Hall–Kier alpha value is -0.830. The van der Waals surface area contributed by atoms with Crippen LogP contribution < -0.4 is 0 Å². The van der Waals surface area contributed by atoms with Gasteiger partial charge < -0.3 is 5.11 Å². The van der Waals surface area contributed by atoms with E-state index in [1.54, 1.807) is 0 Å². The van der Waals surface area contributed by atoms with E-state index in [9.17, 15) is 4.79 Å². The standard InChI is InChI=1S/C16H29NO2/c1-5-13(15(18)19)8-11-17-10-6-7-14(9-12-17)16(2,3)4/h8,14H,5-7,9-12H2,1-4H3,(H,18,19). The molecule has 0 spiro atoms. The van der Waals surface area contributed by atoms with E-state index in [-0.39, 0.29) is 0 Å². The van der Waals surface area contributed by atoms with Crippen LogP contribution in [0.3, 0.4) is 0 Å². The molecule has 110 valence electrons. The molecule has 1 unspecified atom stereocenters. The number of carboxylic acids is 1. The Morgan fingerprint density at radius 2 is 2.00 bits per heavy atom. The van der Waals surface area contributed by atoms with Crippen LogP contribution in [0.25, 0.3) is 0 Å².